The van der Waals surface area contributed by atoms with E-state index >= 15 is 0 Å². The highest BCUT2D eigenvalue weighted by Gasteiger charge is 2.21. The average molecular weight is 810 g/mol. The molecule has 62 heavy (non-hydrogen) atoms. The van der Waals surface area contributed by atoms with Crippen LogP contribution < -0.4 is 0 Å². The number of aromatic nitrogens is 5. The van der Waals surface area contributed by atoms with E-state index < -0.39 is 0 Å². The lowest BCUT2D eigenvalue weighted by atomic mass is 9.93. The van der Waals surface area contributed by atoms with Crippen LogP contribution in [0.1, 0.15) is 0 Å². The number of hydrogen-bond acceptors (Lipinski definition) is 5. The first-order chi connectivity index (χ1) is 30.7. The fourth-order valence-electron chi connectivity index (χ4n) is 8.79. The summed E-state index contributed by atoms with van der Waals surface area (Å²) < 4.78 is 4.83. The maximum atomic E-state index is 5.32. The number of nitrogens with zero attached hydrogens (tertiary/aromatic N) is 5. The van der Waals surface area contributed by atoms with E-state index in [1.165, 1.54) is 42.0 Å². The highest BCUT2D eigenvalue weighted by molar-refractivity contribution is 7.26. The zero-order valence-electron chi connectivity index (χ0n) is 33.4. The summed E-state index contributed by atoms with van der Waals surface area (Å²) in [4.78, 5) is 20.8. The molecule has 12 aromatic rings. The molecule has 290 valence electrons. The Bertz CT molecular complexity index is 3560. The minimum atomic E-state index is 0.562. The van der Waals surface area contributed by atoms with Crippen LogP contribution in [0.5, 0.6) is 0 Å². The Labute approximate surface area is 361 Å². The molecule has 4 aromatic heterocycles. The Kier molecular flexibility index (Phi) is 8.61. The largest absolute Gasteiger partial charge is 0.309 e. The van der Waals surface area contributed by atoms with Gasteiger partial charge in [-0.25, -0.2) is 15.0 Å². The number of benzene rings is 8. The number of pyridine rings is 1. The lowest BCUT2D eigenvalue weighted by Crippen LogP contribution is -2.02. The van der Waals surface area contributed by atoms with E-state index in [0.717, 1.165) is 55.9 Å². The van der Waals surface area contributed by atoms with Gasteiger partial charge in [-0.05, 0) is 59.2 Å². The molecule has 5 nitrogen and oxygen atoms in total. The fraction of sp³-hybridized carbons (Fsp3) is 0. The van der Waals surface area contributed by atoms with Crippen molar-refractivity contribution in [2.24, 2.45) is 0 Å². The van der Waals surface area contributed by atoms with E-state index in [-0.39, 0.29) is 0 Å². The van der Waals surface area contributed by atoms with E-state index in [2.05, 4.69) is 150 Å². The van der Waals surface area contributed by atoms with Gasteiger partial charge in [-0.15, -0.1) is 11.3 Å². The van der Waals surface area contributed by atoms with Crippen LogP contribution in [0, 0.1) is 0 Å². The minimum absolute atomic E-state index is 0.562. The number of para-hydroxylation sites is 2. The Morgan fingerprint density at radius 3 is 1.60 bits per heavy atom. The normalized spacial score (nSPS) is 11.5. The SMILES string of the molecule is c1ccc(-c2nc(-c3ccccc3)nc(-c3cc(-c4ccccc4-c4ccccc4)cnc3-c3ccc4c(c3)sc3cc5c6ccccc6n(-c6ccccc6)c5cc34)n2)cc1. The average Bonchev–Trinajstić information content (AvgIpc) is 3.88. The van der Waals surface area contributed by atoms with Crippen LogP contribution in [0.3, 0.4) is 0 Å². The molecule has 0 amide bonds. The molecular weight excluding hydrogens is 775 g/mol. The van der Waals surface area contributed by atoms with Crippen molar-refractivity contribution in [2.45, 2.75) is 0 Å². The van der Waals surface area contributed by atoms with Crippen molar-refractivity contribution < 1.29 is 0 Å². The van der Waals surface area contributed by atoms with E-state index in [0.29, 0.717) is 17.5 Å². The van der Waals surface area contributed by atoms with E-state index in [1.54, 1.807) is 0 Å². The van der Waals surface area contributed by atoms with Gasteiger partial charge in [0.15, 0.2) is 17.5 Å². The van der Waals surface area contributed by atoms with Crippen molar-refractivity contribution in [3.63, 3.8) is 0 Å². The van der Waals surface area contributed by atoms with Crippen molar-refractivity contribution in [1.29, 1.82) is 0 Å². The molecule has 12 rings (SSSR count). The highest BCUT2D eigenvalue weighted by Crippen LogP contribution is 2.43. The maximum absolute atomic E-state index is 5.32. The number of thiophene rings is 1. The summed E-state index contributed by atoms with van der Waals surface area (Å²) in [6, 6.07) is 72.3. The van der Waals surface area contributed by atoms with Gasteiger partial charge >= 0.3 is 0 Å². The number of rotatable bonds is 7. The summed E-state index contributed by atoms with van der Waals surface area (Å²) in [5, 5.41) is 4.95. The van der Waals surface area contributed by atoms with Gasteiger partial charge in [0.2, 0.25) is 0 Å². The third-order valence-corrected chi connectivity index (χ3v) is 12.8. The first-order valence-corrected chi connectivity index (χ1v) is 21.5. The molecule has 0 radical (unpaired) electrons. The van der Waals surface area contributed by atoms with Gasteiger partial charge in [-0.1, -0.05) is 164 Å². The minimum Gasteiger partial charge on any atom is -0.309 e. The van der Waals surface area contributed by atoms with Gasteiger partial charge in [0.25, 0.3) is 0 Å². The van der Waals surface area contributed by atoms with Crippen LogP contribution in [0.15, 0.2) is 212 Å². The number of hydrogen-bond donors (Lipinski definition) is 0. The van der Waals surface area contributed by atoms with Gasteiger partial charge < -0.3 is 4.57 Å². The summed E-state index contributed by atoms with van der Waals surface area (Å²) in [5.74, 6) is 1.77. The first-order valence-electron chi connectivity index (χ1n) is 20.7. The van der Waals surface area contributed by atoms with E-state index in [9.17, 15) is 0 Å². The molecule has 0 N–H and O–H groups in total. The molecule has 0 atom stereocenters. The molecule has 0 saturated heterocycles. The molecule has 6 heteroatoms. The highest BCUT2D eigenvalue weighted by atomic mass is 32.1. The van der Waals surface area contributed by atoms with Gasteiger partial charge in [0, 0.05) is 70.6 Å². The first kappa shape index (κ1) is 35.8. The van der Waals surface area contributed by atoms with Crippen LogP contribution >= 0.6 is 11.3 Å². The molecule has 4 heterocycles. The Morgan fingerprint density at radius 1 is 0.339 bits per heavy atom. The van der Waals surface area contributed by atoms with E-state index in [4.69, 9.17) is 19.9 Å². The van der Waals surface area contributed by atoms with Crippen LogP contribution in [-0.4, -0.2) is 24.5 Å². The number of fused-ring (bicyclic) bond motifs is 6. The summed E-state index contributed by atoms with van der Waals surface area (Å²) in [6.45, 7) is 0. The Hall–Kier alpha value is -8.06. The Morgan fingerprint density at radius 2 is 0.903 bits per heavy atom. The maximum Gasteiger partial charge on any atom is 0.166 e. The van der Waals surface area contributed by atoms with Crippen molar-refractivity contribution in [2.75, 3.05) is 0 Å². The van der Waals surface area contributed by atoms with Crippen LogP contribution in [0.2, 0.25) is 0 Å². The van der Waals surface area contributed by atoms with Gasteiger partial charge in [-0.3, -0.25) is 4.98 Å². The third-order valence-electron chi connectivity index (χ3n) is 11.7. The van der Waals surface area contributed by atoms with Crippen molar-refractivity contribution in [1.82, 2.24) is 24.5 Å². The lowest BCUT2D eigenvalue weighted by Gasteiger charge is -2.15. The summed E-state index contributed by atoms with van der Waals surface area (Å²) in [7, 11) is 0. The predicted octanol–water partition coefficient (Wildman–Crippen LogP) is 14.7. The van der Waals surface area contributed by atoms with E-state index in [1.807, 2.05) is 78.2 Å². The molecule has 0 bridgehead atoms. The molecular formula is C56H35N5S. The zero-order chi connectivity index (χ0) is 41.0. The summed E-state index contributed by atoms with van der Waals surface area (Å²) in [5.41, 5.74) is 12.3. The van der Waals surface area contributed by atoms with Gasteiger partial charge in [0.1, 0.15) is 0 Å². The smallest absolute Gasteiger partial charge is 0.166 e. The fourth-order valence-corrected chi connectivity index (χ4v) is 9.95. The molecule has 0 saturated carbocycles. The quantitative estimate of drug-likeness (QED) is 0.161. The van der Waals surface area contributed by atoms with Gasteiger partial charge in [0.05, 0.1) is 16.7 Å². The molecule has 0 aliphatic carbocycles. The molecule has 0 aliphatic heterocycles. The van der Waals surface area contributed by atoms with Crippen LogP contribution in [0.25, 0.3) is 115 Å². The van der Waals surface area contributed by atoms with Crippen molar-refractivity contribution in [3.05, 3.63) is 212 Å². The van der Waals surface area contributed by atoms with Gasteiger partial charge in [-0.2, -0.15) is 0 Å². The standard InChI is InChI=1S/C56H35N5S/c1-5-17-36(18-6-1)42-25-13-14-26-43(42)40-31-48(56-59-54(37-19-7-2-8-20-37)58-55(60-56)38-21-9-3-10-22-38)53(57-35-40)39-29-30-45-47-33-50-46(34-52(47)62-51(45)32-39)44-27-15-16-28-49(44)61(50)41-23-11-4-12-24-41/h1-35H. The molecule has 0 fully saturated rings. The second kappa shape index (κ2) is 14.9. The Balaban J connectivity index is 1.08. The van der Waals surface area contributed by atoms with Crippen LogP contribution in [-0.2, 0) is 0 Å². The molecule has 0 spiro atoms. The van der Waals surface area contributed by atoms with Crippen molar-refractivity contribution >= 4 is 53.3 Å². The summed E-state index contributed by atoms with van der Waals surface area (Å²) >= 11 is 1.82. The van der Waals surface area contributed by atoms with Crippen molar-refractivity contribution in [3.8, 4) is 73.4 Å². The topological polar surface area (TPSA) is 56.5 Å². The monoisotopic (exact) mass is 809 g/mol. The molecule has 0 unspecified atom stereocenters. The lowest BCUT2D eigenvalue weighted by molar-refractivity contribution is 1.07. The third kappa shape index (κ3) is 6.16. The molecule has 8 aromatic carbocycles. The second-order valence-corrected chi connectivity index (χ2v) is 16.5. The predicted molar refractivity (Wildman–Crippen MR) is 257 cm³/mol. The second-order valence-electron chi connectivity index (χ2n) is 15.4. The zero-order valence-corrected chi connectivity index (χ0v) is 34.2. The van der Waals surface area contributed by atoms with Crippen LogP contribution in [0.4, 0.5) is 0 Å². The molecule has 0 aliphatic rings. The summed E-state index contributed by atoms with van der Waals surface area (Å²) in [6.07, 6.45) is 1.99.